The molecule has 1 atom stereocenters. The second-order valence-corrected chi connectivity index (χ2v) is 7.89. The number of carbonyl (C=O) groups excluding carboxylic acids is 1. The van der Waals surface area contributed by atoms with Gasteiger partial charge in [-0.05, 0) is 80.1 Å². The van der Waals surface area contributed by atoms with E-state index in [1.165, 1.54) is 24.3 Å². The van der Waals surface area contributed by atoms with Gasteiger partial charge in [0.05, 0.1) is 5.69 Å². The quantitative estimate of drug-likeness (QED) is 0.838. The summed E-state index contributed by atoms with van der Waals surface area (Å²) in [6.45, 7) is 2.50. The zero-order chi connectivity index (χ0) is 19.5. The van der Waals surface area contributed by atoms with Gasteiger partial charge in [-0.2, -0.15) is 0 Å². The van der Waals surface area contributed by atoms with Crippen LogP contribution in [0.25, 0.3) is 0 Å². The summed E-state index contributed by atoms with van der Waals surface area (Å²) in [4.78, 5) is 14.9. The van der Waals surface area contributed by atoms with Gasteiger partial charge in [0, 0.05) is 18.9 Å². The molecule has 1 fully saturated rings. The van der Waals surface area contributed by atoms with E-state index in [9.17, 15) is 13.6 Å². The smallest absolute Gasteiger partial charge is 0.227 e. The average molecular weight is 384 g/mol. The lowest BCUT2D eigenvalue weighted by Crippen LogP contribution is -2.36. The van der Waals surface area contributed by atoms with Crippen molar-refractivity contribution in [3.8, 4) is 0 Å². The van der Waals surface area contributed by atoms with Crippen LogP contribution in [-0.4, -0.2) is 25.5 Å². The predicted molar refractivity (Wildman–Crippen MR) is 106 cm³/mol. The van der Waals surface area contributed by atoms with E-state index in [0.717, 1.165) is 49.9 Å². The van der Waals surface area contributed by atoms with Crippen molar-refractivity contribution < 1.29 is 13.6 Å². The van der Waals surface area contributed by atoms with Crippen molar-refractivity contribution in [3.63, 3.8) is 0 Å². The van der Waals surface area contributed by atoms with Crippen molar-refractivity contribution in [3.05, 3.63) is 65.2 Å². The van der Waals surface area contributed by atoms with Crippen molar-refractivity contribution >= 4 is 11.6 Å². The highest BCUT2D eigenvalue weighted by atomic mass is 19.1. The van der Waals surface area contributed by atoms with Gasteiger partial charge in [0.15, 0.2) is 0 Å². The number of benzene rings is 2. The largest absolute Gasteiger partial charge is 0.317 e. The van der Waals surface area contributed by atoms with Gasteiger partial charge in [-0.1, -0.05) is 18.2 Å². The lowest BCUT2D eigenvalue weighted by molar-refractivity contribution is -0.119. The summed E-state index contributed by atoms with van der Waals surface area (Å²) in [7, 11) is 0. The molecule has 3 nitrogen and oxygen atoms in total. The first-order valence-corrected chi connectivity index (χ1v) is 10.2. The molecule has 0 aliphatic carbocycles. The summed E-state index contributed by atoms with van der Waals surface area (Å²) in [6, 6.07) is 11.2. The molecule has 2 heterocycles. The molecule has 0 aromatic heterocycles. The fourth-order valence-electron chi connectivity index (χ4n) is 4.52. The molecule has 148 valence electrons. The Hall–Kier alpha value is -2.27. The molecule has 0 bridgehead atoms. The fraction of sp³-hybridized carbons (Fsp3) is 0.435. The van der Waals surface area contributed by atoms with E-state index in [4.69, 9.17) is 0 Å². The number of fused-ring (bicyclic) bond motifs is 1. The molecular formula is C23H26F2N2O. The lowest BCUT2D eigenvalue weighted by Gasteiger charge is -2.28. The van der Waals surface area contributed by atoms with Gasteiger partial charge in [-0.25, -0.2) is 8.78 Å². The average Bonchev–Trinajstić information content (AvgIpc) is 2.89. The van der Waals surface area contributed by atoms with Crippen molar-refractivity contribution in [2.24, 2.45) is 5.92 Å². The number of hydrogen-bond acceptors (Lipinski definition) is 2. The van der Waals surface area contributed by atoms with Gasteiger partial charge in [-0.3, -0.25) is 4.79 Å². The second-order valence-electron chi connectivity index (χ2n) is 7.89. The molecule has 1 saturated heterocycles. The van der Waals surface area contributed by atoms with Gasteiger partial charge in [0.2, 0.25) is 5.91 Å². The Balaban J connectivity index is 1.64. The van der Waals surface area contributed by atoms with Gasteiger partial charge in [0.25, 0.3) is 0 Å². The second kappa shape index (κ2) is 8.39. The SMILES string of the molecule is O=C(CC1CCNCC1)N1CCCC(c2ccc(F)cc2)c2ccc(F)cc21. The van der Waals surface area contributed by atoms with E-state index in [2.05, 4.69) is 5.32 Å². The number of halogens is 2. The van der Waals surface area contributed by atoms with E-state index in [1.54, 1.807) is 23.1 Å². The van der Waals surface area contributed by atoms with Crippen LogP contribution in [0.3, 0.4) is 0 Å². The molecule has 0 radical (unpaired) electrons. The van der Waals surface area contributed by atoms with E-state index < -0.39 is 0 Å². The number of nitrogens with zero attached hydrogens (tertiary/aromatic N) is 1. The minimum absolute atomic E-state index is 0.0351. The molecule has 1 N–H and O–H groups in total. The third kappa shape index (κ3) is 4.09. The third-order valence-electron chi connectivity index (χ3n) is 6.03. The Morgan fingerprint density at radius 3 is 2.46 bits per heavy atom. The zero-order valence-corrected chi connectivity index (χ0v) is 16.0. The molecule has 2 aliphatic rings. The number of rotatable bonds is 3. The maximum atomic E-state index is 14.1. The molecule has 2 aromatic rings. The molecule has 0 saturated carbocycles. The Kier molecular flexibility index (Phi) is 5.72. The molecule has 5 heteroatoms. The van der Waals surface area contributed by atoms with Gasteiger partial charge < -0.3 is 10.2 Å². The Morgan fingerprint density at radius 1 is 1.00 bits per heavy atom. The van der Waals surface area contributed by atoms with E-state index in [1.807, 2.05) is 0 Å². The van der Waals surface area contributed by atoms with Crippen LogP contribution in [0.5, 0.6) is 0 Å². The number of anilines is 1. The van der Waals surface area contributed by atoms with Crippen LogP contribution < -0.4 is 10.2 Å². The van der Waals surface area contributed by atoms with Crippen molar-refractivity contribution in [2.45, 2.75) is 38.0 Å². The van der Waals surface area contributed by atoms with Crippen molar-refractivity contribution in [1.29, 1.82) is 0 Å². The summed E-state index contributed by atoms with van der Waals surface area (Å²) in [6.07, 6.45) is 4.21. The fourth-order valence-corrected chi connectivity index (χ4v) is 4.52. The molecule has 1 amide bonds. The number of carbonyl (C=O) groups is 1. The maximum Gasteiger partial charge on any atom is 0.227 e. The van der Waals surface area contributed by atoms with Crippen molar-refractivity contribution in [2.75, 3.05) is 24.5 Å². The Labute approximate surface area is 164 Å². The first-order valence-electron chi connectivity index (χ1n) is 10.2. The van der Waals surface area contributed by atoms with Crippen molar-refractivity contribution in [1.82, 2.24) is 5.32 Å². The third-order valence-corrected chi connectivity index (χ3v) is 6.03. The van der Waals surface area contributed by atoms with Crippen LogP contribution in [0, 0.1) is 17.6 Å². The summed E-state index contributed by atoms with van der Waals surface area (Å²) < 4.78 is 27.5. The van der Waals surface area contributed by atoms with Gasteiger partial charge >= 0.3 is 0 Å². The predicted octanol–water partition coefficient (Wildman–Crippen LogP) is 4.61. The number of amides is 1. The summed E-state index contributed by atoms with van der Waals surface area (Å²) in [5.74, 6) is -0.0954. The molecular weight excluding hydrogens is 358 g/mol. The topological polar surface area (TPSA) is 32.3 Å². The normalized spacial score (nSPS) is 20.5. The summed E-state index contributed by atoms with van der Waals surface area (Å²) in [5.41, 5.74) is 2.62. The van der Waals surface area contributed by atoms with E-state index >= 15 is 0 Å². The lowest BCUT2D eigenvalue weighted by atomic mass is 9.87. The van der Waals surface area contributed by atoms with E-state index in [-0.39, 0.29) is 23.5 Å². The minimum Gasteiger partial charge on any atom is -0.317 e. The Morgan fingerprint density at radius 2 is 1.71 bits per heavy atom. The van der Waals surface area contributed by atoms with Gasteiger partial charge in [-0.15, -0.1) is 0 Å². The van der Waals surface area contributed by atoms with Crippen LogP contribution in [-0.2, 0) is 4.79 Å². The van der Waals surface area contributed by atoms with Crippen LogP contribution in [0.1, 0.15) is 49.1 Å². The highest BCUT2D eigenvalue weighted by Gasteiger charge is 2.29. The van der Waals surface area contributed by atoms with Crippen LogP contribution >= 0.6 is 0 Å². The van der Waals surface area contributed by atoms with Crippen LogP contribution in [0.15, 0.2) is 42.5 Å². The molecule has 28 heavy (non-hydrogen) atoms. The standard InChI is InChI=1S/C23H26F2N2O/c24-18-5-3-17(4-6-18)20-2-1-13-27(22-15-19(25)7-8-21(20)22)23(28)14-16-9-11-26-12-10-16/h3-8,15-16,20,26H,1-2,9-14H2. The monoisotopic (exact) mass is 384 g/mol. The maximum absolute atomic E-state index is 14.1. The number of piperidine rings is 1. The summed E-state index contributed by atoms with van der Waals surface area (Å²) in [5, 5.41) is 3.33. The highest BCUT2D eigenvalue weighted by Crippen LogP contribution is 2.39. The molecule has 0 spiro atoms. The van der Waals surface area contributed by atoms with Crippen LogP contribution in [0.2, 0.25) is 0 Å². The van der Waals surface area contributed by atoms with Gasteiger partial charge in [0.1, 0.15) is 11.6 Å². The first kappa shape index (κ1) is 19.1. The first-order chi connectivity index (χ1) is 13.6. The molecule has 1 unspecified atom stereocenters. The highest BCUT2D eigenvalue weighted by molar-refractivity contribution is 5.94. The Bertz CT molecular complexity index is 831. The number of hydrogen-bond donors (Lipinski definition) is 1. The molecule has 2 aliphatic heterocycles. The molecule has 4 rings (SSSR count). The van der Waals surface area contributed by atoms with Crippen LogP contribution in [0.4, 0.5) is 14.5 Å². The minimum atomic E-state index is -0.335. The zero-order valence-electron chi connectivity index (χ0n) is 16.0. The van der Waals surface area contributed by atoms with E-state index in [0.29, 0.717) is 24.6 Å². The number of nitrogens with one attached hydrogen (secondary N) is 1. The molecule has 2 aromatic carbocycles. The summed E-state index contributed by atoms with van der Waals surface area (Å²) >= 11 is 0.